The molecule has 11 heteroatoms. The first-order valence-corrected chi connectivity index (χ1v) is 9.54. The molecule has 1 aromatic carbocycles. The molecule has 0 aliphatic carbocycles. The molecule has 0 unspecified atom stereocenters. The number of carboxylic acids is 1. The van der Waals surface area contributed by atoms with E-state index in [-0.39, 0.29) is 22.5 Å². The quantitative estimate of drug-likeness (QED) is 0.507. The van der Waals surface area contributed by atoms with Crippen molar-refractivity contribution in [2.45, 2.75) is 13.0 Å². The first-order chi connectivity index (χ1) is 15.3. The first-order valence-electron chi connectivity index (χ1n) is 9.54. The monoisotopic (exact) mass is 441 g/mol. The lowest BCUT2D eigenvalue weighted by atomic mass is 10.1. The number of rotatable bonds is 3. The van der Waals surface area contributed by atoms with Crippen molar-refractivity contribution in [3.8, 4) is 5.69 Å². The van der Waals surface area contributed by atoms with Crippen LogP contribution < -0.4 is 10.3 Å². The van der Waals surface area contributed by atoms with Gasteiger partial charge in [0, 0.05) is 43.0 Å². The minimum atomic E-state index is -1.57. The van der Waals surface area contributed by atoms with Gasteiger partial charge in [0.2, 0.25) is 5.43 Å². The van der Waals surface area contributed by atoms with Crippen LogP contribution in [0.25, 0.3) is 16.7 Å². The molecule has 0 saturated carbocycles. The van der Waals surface area contributed by atoms with Crippen LogP contribution >= 0.6 is 0 Å². The van der Waals surface area contributed by atoms with Crippen LogP contribution in [0.1, 0.15) is 21.6 Å². The fourth-order valence-electron chi connectivity index (χ4n) is 3.85. The van der Waals surface area contributed by atoms with Crippen LogP contribution in [-0.4, -0.2) is 37.4 Å². The van der Waals surface area contributed by atoms with Crippen molar-refractivity contribution in [3.05, 3.63) is 81.2 Å². The Balaban J connectivity index is 1.76. The van der Waals surface area contributed by atoms with Crippen LogP contribution in [0.15, 0.2) is 41.5 Å². The maximum absolute atomic E-state index is 15.0. The molecule has 0 fully saturated rings. The van der Waals surface area contributed by atoms with Crippen molar-refractivity contribution in [2.75, 3.05) is 11.4 Å². The van der Waals surface area contributed by atoms with Crippen LogP contribution in [0.2, 0.25) is 0 Å². The second-order valence-electron chi connectivity index (χ2n) is 7.35. The molecular weight excluding hydrogens is 427 g/mol. The third-order valence-corrected chi connectivity index (χ3v) is 5.41. The van der Waals surface area contributed by atoms with E-state index in [0.29, 0.717) is 25.6 Å². The number of nitrogens with one attached hydrogen (secondary N) is 1. The number of H-pyrrole nitrogens is 1. The van der Waals surface area contributed by atoms with E-state index in [1.54, 1.807) is 11.1 Å². The first kappa shape index (κ1) is 19.8. The number of pyridine rings is 2. The summed E-state index contributed by atoms with van der Waals surface area (Å²) in [7, 11) is 0. The lowest BCUT2D eigenvalue weighted by molar-refractivity contribution is 0.0695. The van der Waals surface area contributed by atoms with Crippen LogP contribution in [-0.2, 0) is 13.0 Å². The van der Waals surface area contributed by atoms with E-state index >= 15 is 4.39 Å². The molecule has 3 aromatic heterocycles. The summed E-state index contributed by atoms with van der Waals surface area (Å²) in [6.45, 7) is 0.719. The maximum atomic E-state index is 15.0. The Kier molecular flexibility index (Phi) is 4.47. The number of carbonyl (C=O) groups is 1. The van der Waals surface area contributed by atoms with Crippen LogP contribution in [0, 0.1) is 17.5 Å². The van der Waals surface area contributed by atoms with Gasteiger partial charge in [0.15, 0.2) is 17.3 Å². The third kappa shape index (κ3) is 3.09. The molecule has 0 spiro atoms. The van der Waals surface area contributed by atoms with Gasteiger partial charge in [-0.15, -0.1) is 0 Å². The van der Waals surface area contributed by atoms with Crippen molar-refractivity contribution >= 4 is 22.8 Å². The number of benzene rings is 1. The number of aromatic carboxylic acids is 1. The van der Waals surface area contributed by atoms with Gasteiger partial charge in [0.05, 0.1) is 17.3 Å². The molecule has 162 valence electrons. The second kappa shape index (κ2) is 7.22. The SMILES string of the molecule is O=C(O)c1cn(-c2ccc(F)cc2F)c2nc(N3CCc4[nH]ncc4C3)c(F)cc2c1=O. The Bertz CT molecular complexity index is 1460. The van der Waals surface area contributed by atoms with Crippen LogP contribution in [0.3, 0.4) is 0 Å². The van der Waals surface area contributed by atoms with E-state index < -0.39 is 34.4 Å². The molecule has 0 atom stereocenters. The number of aromatic amines is 1. The van der Waals surface area contributed by atoms with E-state index in [0.717, 1.165) is 40.2 Å². The molecule has 0 saturated heterocycles. The summed E-state index contributed by atoms with van der Waals surface area (Å²) >= 11 is 0. The Hall–Kier alpha value is -4.15. The van der Waals surface area contributed by atoms with Gasteiger partial charge >= 0.3 is 5.97 Å². The van der Waals surface area contributed by atoms with Gasteiger partial charge in [-0.1, -0.05) is 0 Å². The zero-order chi connectivity index (χ0) is 22.6. The summed E-state index contributed by atoms with van der Waals surface area (Å²) in [6.07, 6.45) is 3.09. The summed E-state index contributed by atoms with van der Waals surface area (Å²) < 4.78 is 44.0. The minimum Gasteiger partial charge on any atom is -0.477 e. The van der Waals surface area contributed by atoms with Crippen molar-refractivity contribution in [3.63, 3.8) is 0 Å². The number of carboxylic acid groups (broad SMARTS) is 1. The summed E-state index contributed by atoms with van der Waals surface area (Å²) in [4.78, 5) is 30.2. The average molecular weight is 441 g/mol. The molecule has 0 bridgehead atoms. The Morgan fingerprint density at radius 3 is 2.72 bits per heavy atom. The highest BCUT2D eigenvalue weighted by Crippen LogP contribution is 2.28. The van der Waals surface area contributed by atoms with E-state index in [9.17, 15) is 23.5 Å². The molecule has 0 amide bonds. The number of aromatic nitrogens is 4. The number of hydrogen-bond donors (Lipinski definition) is 2. The number of halogens is 3. The highest BCUT2D eigenvalue weighted by atomic mass is 19.1. The highest BCUT2D eigenvalue weighted by molar-refractivity contribution is 5.92. The Morgan fingerprint density at radius 2 is 1.97 bits per heavy atom. The lowest BCUT2D eigenvalue weighted by Gasteiger charge is -2.28. The molecule has 4 aromatic rings. The molecule has 4 heterocycles. The molecular formula is C21H14F3N5O3. The Labute approximate surface area is 177 Å². The predicted octanol–water partition coefficient (Wildman–Crippen LogP) is 2.79. The van der Waals surface area contributed by atoms with E-state index in [1.807, 2.05) is 0 Å². The number of nitrogens with zero attached hydrogens (tertiary/aromatic N) is 4. The van der Waals surface area contributed by atoms with E-state index in [1.165, 1.54) is 0 Å². The summed E-state index contributed by atoms with van der Waals surface area (Å²) in [6, 6.07) is 3.59. The number of anilines is 1. The van der Waals surface area contributed by atoms with E-state index in [2.05, 4.69) is 15.2 Å². The Morgan fingerprint density at radius 1 is 1.16 bits per heavy atom. The molecule has 1 aliphatic rings. The smallest absolute Gasteiger partial charge is 0.341 e. The van der Waals surface area contributed by atoms with Gasteiger partial charge < -0.3 is 10.0 Å². The van der Waals surface area contributed by atoms with Gasteiger partial charge in [-0.25, -0.2) is 22.9 Å². The van der Waals surface area contributed by atoms with Crippen molar-refractivity contribution < 1.29 is 23.1 Å². The maximum Gasteiger partial charge on any atom is 0.341 e. The topological polar surface area (TPSA) is 104 Å². The van der Waals surface area contributed by atoms with Crippen molar-refractivity contribution in [1.29, 1.82) is 0 Å². The van der Waals surface area contributed by atoms with Crippen LogP contribution in [0.4, 0.5) is 19.0 Å². The van der Waals surface area contributed by atoms with E-state index in [4.69, 9.17) is 0 Å². The zero-order valence-electron chi connectivity index (χ0n) is 16.3. The fourth-order valence-corrected chi connectivity index (χ4v) is 3.85. The van der Waals surface area contributed by atoms with Gasteiger partial charge in [-0.05, 0) is 18.2 Å². The normalized spacial score (nSPS) is 13.4. The summed E-state index contributed by atoms with van der Waals surface area (Å²) in [5, 5.41) is 15.9. The third-order valence-electron chi connectivity index (χ3n) is 5.41. The zero-order valence-corrected chi connectivity index (χ0v) is 16.3. The fraction of sp³-hybridized carbons (Fsp3) is 0.143. The molecule has 32 heavy (non-hydrogen) atoms. The molecule has 0 radical (unpaired) electrons. The van der Waals surface area contributed by atoms with Crippen molar-refractivity contribution in [2.24, 2.45) is 0 Å². The molecule has 5 rings (SSSR count). The molecule has 2 N–H and O–H groups in total. The second-order valence-corrected chi connectivity index (χ2v) is 7.35. The molecule has 8 nitrogen and oxygen atoms in total. The van der Waals surface area contributed by atoms with Gasteiger partial charge in [0.1, 0.15) is 17.2 Å². The average Bonchev–Trinajstić information content (AvgIpc) is 3.22. The summed E-state index contributed by atoms with van der Waals surface area (Å²) in [5.74, 6) is -4.31. The summed E-state index contributed by atoms with van der Waals surface area (Å²) in [5.41, 5.74) is -0.254. The molecule has 1 aliphatic heterocycles. The van der Waals surface area contributed by atoms with Crippen LogP contribution in [0.5, 0.6) is 0 Å². The van der Waals surface area contributed by atoms with Gasteiger partial charge in [0.25, 0.3) is 0 Å². The predicted molar refractivity (Wildman–Crippen MR) is 108 cm³/mol. The number of hydrogen-bond acceptors (Lipinski definition) is 5. The van der Waals surface area contributed by atoms with Gasteiger partial charge in [-0.3, -0.25) is 14.5 Å². The lowest BCUT2D eigenvalue weighted by Crippen LogP contribution is -2.32. The van der Waals surface area contributed by atoms with Crippen molar-refractivity contribution in [1.82, 2.24) is 19.7 Å². The largest absolute Gasteiger partial charge is 0.477 e. The minimum absolute atomic E-state index is 0.0805. The standard InChI is InChI=1S/C21H14F3N5O3/c22-11-1-2-17(14(23)5-11)29-9-13(21(31)32)18(30)12-6-15(24)20(26-19(12)29)28-4-3-16-10(8-28)7-25-27-16/h1-2,5-7,9H,3-4,8H2,(H,25,27)(H,31,32). The van der Waals surface area contributed by atoms with Gasteiger partial charge in [-0.2, -0.15) is 5.10 Å². The number of fused-ring (bicyclic) bond motifs is 2. The highest BCUT2D eigenvalue weighted by Gasteiger charge is 2.25.